The quantitative estimate of drug-likeness (QED) is 0.467. The Morgan fingerprint density at radius 3 is 2.27 bits per heavy atom. The van der Waals surface area contributed by atoms with E-state index in [2.05, 4.69) is 5.32 Å². The van der Waals surface area contributed by atoms with E-state index in [4.69, 9.17) is 4.74 Å². The molecular formula is C11H13NO3. The maximum Gasteiger partial charge on any atom is 0.308 e. The van der Waals surface area contributed by atoms with Crippen LogP contribution in [0.1, 0.15) is 18.1 Å². The molecule has 0 spiro atoms. The number of carbonyl (C=O) groups is 2. The average molecular weight is 207 g/mol. The third-order valence-electron chi connectivity index (χ3n) is 1.97. The molecule has 0 aliphatic rings. The van der Waals surface area contributed by atoms with Gasteiger partial charge in [0, 0.05) is 12.6 Å². The summed E-state index contributed by atoms with van der Waals surface area (Å²) in [4.78, 5) is 21.1. The van der Waals surface area contributed by atoms with Crippen LogP contribution in [0.5, 0.6) is 5.75 Å². The van der Waals surface area contributed by atoms with Gasteiger partial charge in [0.05, 0.1) is 0 Å². The summed E-state index contributed by atoms with van der Waals surface area (Å²) in [5, 5.41) is 2.60. The lowest BCUT2D eigenvalue weighted by Crippen LogP contribution is -2.04. The van der Waals surface area contributed by atoms with Gasteiger partial charge in [0.15, 0.2) is 0 Å². The molecule has 1 aromatic rings. The molecule has 15 heavy (non-hydrogen) atoms. The molecule has 0 radical (unpaired) electrons. The van der Waals surface area contributed by atoms with E-state index in [1.807, 2.05) is 13.8 Å². The largest absolute Gasteiger partial charge is 0.427 e. The first-order chi connectivity index (χ1) is 7.04. The lowest BCUT2D eigenvalue weighted by molar-refractivity contribution is -0.131. The standard InChI is InChI=1S/C11H13NO3/c1-7-4-10(15-9(3)14)5-8(2)11(7)12-6-13/h4-6H,1-3H3,(H,12,13). The number of ether oxygens (including phenoxy) is 1. The number of carbonyl (C=O) groups excluding carboxylic acids is 2. The summed E-state index contributed by atoms with van der Waals surface area (Å²) in [7, 11) is 0. The molecule has 0 saturated heterocycles. The van der Waals surface area contributed by atoms with E-state index in [0.29, 0.717) is 12.2 Å². The van der Waals surface area contributed by atoms with Gasteiger partial charge in [-0.05, 0) is 37.1 Å². The van der Waals surface area contributed by atoms with Crippen LogP contribution in [0.2, 0.25) is 0 Å². The Bertz CT molecular complexity index is 376. The van der Waals surface area contributed by atoms with Gasteiger partial charge in [0.1, 0.15) is 5.75 Å². The predicted octanol–water partition coefficient (Wildman–Crippen LogP) is 1.80. The molecule has 80 valence electrons. The van der Waals surface area contributed by atoms with Gasteiger partial charge in [-0.2, -0.15) is 0 Å². The molecule has 0 atom stereocenters. The molecule has 0 aromatic heterocycles. The number of esters is 1. The van der Waals surface area contributed by atoms with Crippen LogP contribution >= 0.6 is 0 Å². The van der Waals surface area contributed by atoms with Crippen molar-refractivity contribution < 1.29 is 14.3 Å². The summed E-state index contributed by atoms with van der Waals surface area (Å²) in [5.41, 5.74) is 2.47. The van der Waals surface area contributed by atoms with E-state index in [0.717, 1.165) is 16.8 Å². The van der Waals surface area contributed by atoms with E-state index in [1.54, 1.807) is 12.1 Å². The van der Waals surface area contributed by atoms with Gasteiger partial charge in [0.2, 0.25) is 6.41 Å². The molecule has 1 rings (SSSR count). The number of aryl methyl sites for hydroxylation is 2. The lowest BCUT2D eigenvalue weighted by Gasteiger charge is -2.10. The molecule has 0 aliphatic heterocycles. The Morgan fingerprint density at radius 2 is 1.87 bits per heavy atom. The molecular weight excluding hydrogens is 194 g/mol. The van der Waals surface area contributed by atoms with Crippen molar-refractivity contribution in [2.45, 2.75) is 20.8 Å². The van der Waals surface area contributed by atoms with Crippen LogP contribution in [0.25, 0.3) is 0 Å². The second kappa shape index (κ2) is 4.59. The second-order valence-corrected chi connectivity index (χ2v) is 3.29. The van der Waals surface area contributed by atoms with Crippen molar-refractivity contribution in [1.29, 1.82) is 0 Å². The van der Waals surface area contributed by atoms with Gasteiger partial charge >= 0.3 is 5.97 Å². The number of amides is 1. The van der Waals surface area contributed by atoms with Crippen LogP contribution < -0.4 is 10.1 Å². The fraction of sp³-hybridized carbons (Fsp3) is 0.273. The SMILES string of the molecule is CC(=O)Oc1cc(C)c(NC=O)c(C)c1. The summed E-state index contributed by atoms with van der Waals surface area (Å²) in [5.74, 6) is 0.138. The number of benzene rings is 1. The van der Waals surface area contributed by atoms with Crippen molar-refractivity contribution in [2.24, 2.45) is 0 Å². The Labute approximate surface area is 88.2 Å². The van der Waals surface area contributed by atoms with Gasteiger partial charge in [-0.25, -0.2) is 0 Å². The first kappa shape index (κ1) is 11.2. The predicted molar refractivity (Wildman–Crippen MR) is 56.9 cm³/mol. The van der Waals surface area contributed by atoms with Crippen LogP contribution in [0.4, 0.5) is 5.69 Å². The van der Waals surface area contributed by atoms with Gasteiger partial charge in [-0.3, -0.25) is 9.59 Å². The van der Waals surface area contributed by atoms with Crippen molar-refractivity contribution in [1.82, 2.24) is 0 Å². The molecule has 0 bridgehead atoms. The zero-order valence-corrected chi connectivity index (χ0v) is 8.96. The van der Waals surface area contributed by atoms with E-state index < -0.39 is 0 Å². The van der Waals surface area contributed by atoms with Crippen molar-refractivity contribution in [3.63, 3.8) is 0 Å². The topological polar surface area (TPSA) is 55.4 Å². The highest BCUT2D eigenvalue weighted by atomic mass is 16.5. The number of rotatable bonds is 3. The van der Waals surface area contributed by atoms with E-state index in [9.17, 15) is 9.59 Å². The van der Waals surface area contributed by atoms with Gasteiger partial charge in [-0.15, -0.1) is 0 Å². The molecule has 0 heterocycles. The number of anilines is 1. The second-order valence-electron chi connectivity index (χ2n) is 3.29. The lowest BCUT2D eigenvalue weighted by atomic mass is 10.1. The molecule has 1 aromatic carbocycles. The minimum atomic E-state index is -0.357. The molecule has 4 heteroatoms. The summed E-state index contributed by atoms with van der Waals surface area (Å²) in [6.07, 6.45) is 0.626. The fourth-order valence-corrected chi connectivity index (χ4v) is 1.44. The minimum absolute atomic E-state index is 0.357. The van der Waals surface area contributed by atoms with Crippen LogP contribution in [0.15, 0.2) is 12.1 Å². The van der Waals surface area contributed by atoms with E-state index >= 15 is 0 Å². The molecule has 0 aliphatic carbocycles. The maximum absolute atomic E-state index is 10.8. The maximum atomic E-state index is 10.8. The summed E-state index contributed by atoms with van der Waals surface area (Å²) in [6, 6.07) is 3.42. The van der Waals surface area contributed by atoms with Gasteiger partial charge in [0.25, 0.3) is 0 Å². The Morgan fingerprint density at radius 1 is 1.33 bits per heavy atom. The monoisotopic (exact) mass is 207 g/mol. The van der Waals surface area contributed by atoms with E-state index in [-0.39, 0.29) is 5.97 Å². The fourth-order valence-electron chi connectivity index (χ4n) is 1.44. The highest BCUT2D eigenvalue weighted by Gasteiger charge is 2.06. The molecule has 4 nitrogen and oxygen atoms in total. The van der Waals surface area contributed by atoms with Gasteiger partial charge in [-0.1, -0.05) is 0 Å². The Balaban J connectivity index is 3.07. The minimum Gasteiger partial charge on any atom is -0.427 e. The van der Waals surface area contributed by atoms with Crippen molar-refractivity contribution in [3.05, 3.63) is 23.3 Å². The van der Waals surface area contributed by atoms with Crippen LogP contribution in [-0.2, 0) is 9.59 Å². The molecule has 0 fully saturated rings. The van der Waals surface area contributed by atoms with Crippen LogP contribution in [-0.4, -0.2) is 12.4 Å². The first-order valence-corrected chi connectivity index (χ1v) is 4.54. The normalized spacial score (nSPS) is 9.53. The van der Waals surface area contributed by atoms with Crippen molar-refractivity contribution in [2.75, 3.05) is 5.32 Å². The number of hydrogen-bond donors (Lipinski definition) is 1. The number of hydrogen-bond acceptors (Lipinski definition) is 3. The summed E-state index contributed by atoms with van der Waals surface area (Å²) >= 11 is 0. The Kier molecular flexibility index (Phi) is 3.44. The first-order valence-electron chi connectivity index (χ1n) is 4.54. The summed E-state index contributed by atoms with van der Waals surface area (Å²) in [6.45, 7) is 5.03. The number of nitrogens with one attached hydrogen (secondary N) is 1. The highest BCUT2D eigenvalue weighted by molar-refractivity contribution is 5.77. The summed E-state index contributed by atoms with van der Waals surface area (Å²) < 4.78 is 4.95. The van der Waals surface area contributed by atoms with Crippen LogP contribution in [0, 0.1) is 13.8 Å². The van der Waals surface area contributed by atoms with Gasteiger partial charge < -0.3 is 10.1 Å². The average Bonchev–Trinajstić information content (AvgIpc) is 2.10. The zero-order chi connectivity index (χ0) is 11.4. The molecule has 0 saturated carbocycles. The third kappa shape index (κ3) is 2.80. The van der Waals surface area contributed by atoms with Crippen molar-refractivity contribution in [3.8, 4) is 5.75 Å². The highest BCUT2D eigenvalue weighted by Crippen LogP contribution is 2.25. The van der Waals surface area contributed by atoms with E-state index in [1.165, 1.54) is 6.92 Å². The smallest absolute Gasteiger partial charge is 0.308 e. The third-order valence-corrected chi connectivity index (χ3v) is 1.97. The molecule has 1 N–H and O–H groups in total. The van der Waals surface area contributed by atoms with Crippen LogP contribution in [0.3, 0.4) is 0 Å². The molecule has 0 unspecified atom stereocenters. The Hall–Kier alpha value is -1.84. The molecule has 1 amide bonds. The zero-order valence-electron chi connectivity index (χ0n) is 8.96. The van der Waals surface area contributed by atoms with Crippen molar-refractivity contribution >= 4 is 18.1 Å².